The van der Waals surface area contributed by atoms with Crippen molar-refractivity contribution in [3.63, 3.8) is 0 Å². The third-order valence-corrected chi connectivity index (χ3v) is 10.2. The minimum Gasteiger partial charge on any atom is -0.507 e. The van der Waals surface area contributed by atoms with E-state index in [1.54, 1.807) is 25.1 Å². The number of phenolic OH excluding ortho intramolecular Hbond substituents is 1. The van der Waals surface area contributed by atoms with Crippen molar-refractivity contribution in [3.05, 3.63) is 22.8 Å². The van der Waals surface area contributed by atoms with E-state index < -0.39 is 64.4 Å². The Morgan fingerprint density at radius 2 is 1.53 bits per heavy atom. The maximum atomic E-state index is 14.4. The quantitative estimate of drug-likeness (QED) is 0.179. The first-order valence-electron chi connectivity index (χ1n) is 16.3. The number of aromatic hydroxyl groups is 1. The Kier molecular flexibility index (Phi) is 11.3. The molecule has 3 aliphatic carbocycles. The molecular formula is C34H46N4O11. The summed E-state index contributed by atoms with van der Waals surface area (Å²) in [5.41, 5.74) is 3.95. The van der Waals surface area contributed by atoms with E-state index in [1.807, 2.05) is 4.90 Å². The highest BCUT2D eigenvalue weighted by molar-refractivity contribution is 6.32. The van der Waals surface area contributed by atoms with E-state index in [-0.39, 0.29) is 55.5 Å². The van der Waals surface area contributed by atoms with Gasteiger partial charge < -0.3 is 30.3 Å². The molecule has 49 heavy (non-hydrogen) atoms. The summed E-state index contributed by atoms with van der Waals surface area (Å²) in [7, 11) is 9.20. The molecule has 1 aromatic carbocycles. The number of primary amides is 1. The van der Waals surface area contributed by atoms with Gasteiger partial charge in [-0.05, 0) is 70.4 Å². The van der Waals surface area contributed by atoms with Gasteiger partial charge in [0.05, 0.1) is 31.7 Å². The number of likely N-dealkylation sites (N-methyl/N-ethyl adjacent to an activating group) is 1. The van der Waals surface area contributed by atoms with Crippen LogP contribution < -0.4 is 10.6 Å². The molecule has 1 aromatic rings. The molecule has 2 unspecified atom stereocenters. The van der Waals surface area contributed by atoms with Gasteiger partial charge >= 0.3 is 11.9 Å². The molecule has 3 aliphatic rings. The number of ketones is 4. The summed E-state index contributed by atoms with van der Waals surface area (Å²) in [5.74, 6) is -11.9. The fraction of sp³-hybridized carbons (Fsp3) is 0.618. The first-order chi connectivity index (χ1) is 23.0. The Bertz CT molecular complexity index is 1530. The average molecular weight is 687 g/mol. The van der Waals surface area contributed by atoms with Gasteiger partial charge in [-0.1, -0.05) is 0 Å². The molecule has 0 bridgehead atoms. The van der Waals surface area contributed by atoms with Gasteiger partial charge in [0.15, 0.2) is 34.7 Å². The van der Waals surface area contributed by atoms with Gasteiger partial charge in [0.25, 0.3) is 0 Å². The number of ether oxygens (including phenoxy) is 2. The van der Waals surface area contributed by atoms with Crippen LogP contribution in [0.5, 0.6) is 5.75 Å². The van der Waals surface area contributed by atoms with Crippen molar-refractivity contribution in [1.29, 1.82) is 0 Å². The van der Waals surface area contributed by atoms with Crippen LogP contribution >= 0.6 is 0 Å². The lowest BCUT2D eigenvalue weighted by atomic mass is 9.52. The van der Waals surface area contributed by atoms with Gasteiger partial charge in [0.1, 0.15) is 5.75 Å². The zero-order chi connectivity index (χ0) is 36.5. The third kappa shape index (κ3) is 6.83. The van der Waals surface area contributed by atoms with E-state index >= 15 is 0 Å². The van der Waals surface area contributed by atoms with E-state index in [1.165, 1.54) is 33.2 Å². The van der Waals surface area contributed by atoms with Crippen molar-refractivity contribution in [2.45, 2.75) is 56.7 Å². The van der Waals surface area contributed by atoms with Crippen LogP contribution in [0.4, 0.5) is 5.69 Å². The van der Waals surface area contributed by atoms with Crippen molar-refractivity contribution < 1.29 is 53.2 Å². The number of benzene rings is 1. The summed E-state index contributed by atoms with van der Waals surface area (Å²) in [5, 5.41) is 23.6. The first-order valence-corrected chi connectivity index (χ1v) is 16.3. The highest BCUT2D eigenvalue weighted by Crippen LogP contribution is 2.52. The predicted octanol–water partition coefficient (Wildman–Crippen LogP) is -0.359. The number of hydrogen-bond acceptors (Lipinski definition) is 14. The van der Waals surface area contributed by atoms with Gasteiger partial charge in [0.2, 0.25) is 5.91 Å². The van der Waals surface area contributed by atoms with Crippen molar-refractivity contribution in [1.82, 2.24) is 9.80 Å². The fourth-order valence-electron chi connectivity index (χ4n) is 7.83. The van der Waals surface area contributed by atoms with E-state index in [0.717, 1.165) is 0 Å². The number of nitrogens with zero attached hydrogens (tertiary/aromatic N) is 3. The number of Topliss-reactive ketones (excluding diaryl/α,β-unsaturated/α-hetero) is 4. The number of hydrogen-bond donors (Lipinski definition) is 3. The number of esters is 2. The summed E-state index contributed by atoms with van der Waals surface area (Å²) >= 11 is 0. The topological polar surface area (TPSA) is 214 Å². The molecule has 0 heterocycles. The van der Waals surface area contributed by atoms with Crippen LogP contribution in [0.15, 0.2) is 6.07 Å². The third-order valence-electron chi connectivity index (χ3n) is 10.2. The van der Waals surface area contributed by atoms with Crippen molar-refractivity contribution in [2.24, 2.45) is 29.4 Å². The molecule has 0 saturated heterocycles. The van der Waals surface area contributed by atoms with Crippen LogP contribution in [-0.4, -0.2) is 128 Å². The van der Waals surface area contributed by atoms with Crippen molar-refractivity contribution in [2.75, 3.05) is 60.4 Å². The largest absolute Gasteiger partial charge is 0.507 e. The minimum atomic E-state index is -2.81. The molecule has 0 aliphatic heterocycles. The zero-order valence-corrected chi connectivity index (χ0v) is 28.8. The SMILES string of the molecule is COC(=O)CCCN(CCCC(=O)OC)Cc1cc(N(C)C)c2c(c1O)C(=O)C1C(=O)[C@]3(O)C(=O)C(C(N)=O)C(=O)[C@@H](N(C)C)[C@@H]3C[C@@H]1C2. The van der Waals surface area contributed by atoms with E-state index in [0.29, 0.717) is 42.7 Å². The number of amides is 1. The zero-order valence-electron chi connectivity index (χ0n) is 28.8. The molecule has 0 radical (unpaired) electrons. The Labute approximate surface area is 284 Å². The maximum Gasteiger partial charge on any atom is 0.305 e. The van der Waals surface area contributed by atoms with Crippen LogP contribution in [0.25, 0.3) is 0 Å². The summed E-state index contributed by atoms with van der Waals surface area (Å²) in [6.07, 6.45) is 1.22. The summed E-state index contributed by atoms with van der Waals surface area (Å²) in [6, 6.07) is 0.569. The first kappa shape index (κ1) is 37.6. The number of rotatable bonds is 13. The molecule has 4 N–H and O–H groups in total. The molecule has 268 valence electrons. The Hall–Kier alpha value is -4.21. The Morgan fingerprint density at radius 3 is 2.02 bits per heavy atom. The maximum absolute atomic E-state index is 14.4. The Balaban J connectivity index is 1.76. The molecule has 15 heteroatoms. The second-order valence-corrected chi connectivity index (χ2v) is 13.6. The molecule has 6 atom stereocenters. The smallest absolute Gasteiger partial charge is 0.305 e. The van der Waals surface area contributed by atoms with Crippen molar-refractivity contribution >= 4 is 46.7 Å². The van der Waals surface area contributed by atoms with Gasteiger partial charge in [-0.3, -0.25) is 43.4 Å². The molecular weight excluding hydrogens is 640 g/mol. The predicted molar refractivity (Wildman–Crippen MR) is 173 cm³/mol. The Morgan fingerprint density at radius 1 is 0.959 bits per heavy atom. The number of carbonyl (C=O) groups is 7. The molecule has 4 rings (SSSR count). The van der Waals surface area contributed by atoms with Gasteiger partial charge in [-0.25, -0.2) is 0 Å². The lowest BCUT2D eigenvalue weighted by Crippen LogP contribution is -2.74. The summed E-state index contributed by atoms with van der Waals surface area (Å²) in [4.78, 5) is 96.5. The average Bonchev–Trinajstić information content (AvgIpc) is 3.02. The molecule has 0 spiro atoms. The second kappa shape index (κ2) is 14.7. The number of fused-ring (bicyclic) bond motifs is 3. The number of nitrogens with two attached hydrogens (primary N) is 1. The van der Waals surface area contributed by atoms with E-state index in [9.17, 15) is 43.8 Å². The number of anilines is 1. The molecule has 1 amide bonds. The normalized spacial score (nSPS) is 26.3. The minimum absolute atomic E-state index is 0.0482. The molecule has 2 fully saturated rings. The van der Waals surface area contributed by atoms with Gasteiger partial charge in [-0.2, -0.15) is 0 Å². The highest BCUT2D eigenvalue weighted by atomic mass is 16.5. The number of aliphatic hydroxyl groups is 1. The van der Waals surface area contributed by atoms with E-state index in [2.05, 4.69) is 0 Å². The lowest BCUT2D eigenvalue weighted by Gasteiger charge is -2.52. The van der Waals surface area contributed by atoms with Crippen LogP contribution in [0.1, 0.15) is 53.6 Å². The number of phenols is 1. The van der Waals surface area contributed by atoms with Crippen LogP contribution in [0.3, 0.4) is 0 Å². The summed E-state index contributed by atoms with van der Waals surface area (Å²) < 4.78 is 9.48. The molecule has 2 saturated carbocycles. The monoisotopic (exact) mass is 686 g/mol. The summed E-state index contributed by atoms with van der Waals surface area (Å²) in [6.45, 7) is 0.907. The fourth-order valence-corrected chi connectivity index (χ4v) is 7.83. The standard InChI is InChI=1S/C34H46N4O11/c1-36(2)21-15-18(16-38(11-7-9-22(39)48-5)12-8-10-23(40)49-6)28(41)25-19(21)13-17-14-20-27(37(3)4)30(43)26(33(35)46)32(45)34(20,47)31(44)24(17)29(25)42/h15,17,20,24,26-27,41,47H,7-14,16H2,1-6H3,(H2,35,46)/t17-,20-,24?,26?,27-,34-/m0/s1. The number of methoxy groups -OCH3 is 2. The molecule has 15 nitrogen and oxygen atoms in total. The van der Waals surface area contributed by atoms with Gasteiger partial charge in [-0.15, -0.1) is 0 Å². The van der Waals surface area contributed by atoms with Crippen molar-refractivity contribution in [3.8, 4) is 5.75 Å². The highest BCUT2D eigenvalue weighted by Gasteiger charge is 2.69. The number of carbonyl (C=O) groups excluding carboxylic acids is 7. The van der Waals surface area contributed by atoms with Gasteiger partial charge in [0, 0.05) is 50.7 Å². The van der Waals surface area contributed by atoms with E-state index in [4.69, 9.17) is 15.2 Å². The van der Waals surface area contributed by atoms with Crippen LogP contribution in [-0.2, 0) is 51.2 Å². The van der Waals surface area contributed by atoms with Crippen LogP contribution in [0.2, 0.25) is 0 Å². The van der Waals surface area contributed by atoms with Crippen LogP contribution in [0, 0.1) is 23.7 Å². The lowest BCUT2D eigenvalue weighted by molar-refractivity contribution is -0.181. The second-order valence-electron chi connectivity index (χ2n) is 13.6. The molecule has 0 aromatic heterocycles.